The minimum atomic E-state index is -3.70. The number of rotatable bonds is 5. The number of piperidine rings is 1. The van der Waals surface area contributed by atoms with Crippen molar-refractivity contribution in [2.24, 2.45) is 5.92 Å². The van der Waals surface area contributed by atoms with Gasteiger partial charge in [-0.25, -0.2) is 13.1 Å². The van der Waals surface area contributed by atoms with Gasteiger partial charge in [0.1, 0.15) is 0 Å². The van der Waals surface area contributed by atoms with Gasteiger partial charge in [-0.1, -0.05) is 41.1 Å². The lowest BCUT2D eigenvalue weighted by Crippen LogP contribution is -2.50. The topological polar surface area (TPSA) is 126 Å². The van der Waals surface area contributed by atoms with Gasteiger partial charge in [-0.15, -0.1) is 5.10 Å². The molecule has 1 aliphatic rings. The minimum Gasteiger partial charge on any atom is -0.273 e. The first-order valence-electron chi connectivity index (χ1n) is 10.5. The van der Waals surface area contributed by atoms with Crippen LogP contribution in [-0.4, -0.2) is 52.6 Å². The molecule has 2 amide bonds. The van der Waals surface area contributed by atoms with E-state index >= 15 is 0 Å². The second-order valence-corrected chi connectivity index (χ2v) is 9.78. The van der Waals surface area contributed by atoms with Crippen LogP contribution >= 0.6 is 0 Å². The molecule has 4 rings (SSSR count). The predicted octanol–water partition coefficient (Wildman–Crippen LogP) is 1.44. The Hall–Kier alpha value is -3.57. The third-order valence-corrected chi connectivity index (χ3v) is 7.34. The smallest absolute Gasteiger partial charge is 0.273 e. The molecule has 1 unspecified atom stereocenters. The molecule has 2 aromatic carbocycles. The first-order valence-corrected chi connectivity index (χ1v) is 11.9. The van der Waals surface area contributed by atoms with E-state index in [-0.39, 0.29) is 17.1 Å². The van der Waals surface area contributed by atoms with Crippen molar-refractivity contribution in [3.05, 3.63) is 72.1 Å². The van der Waals surface area contributed by atoms with Gasteiger partial charge in [0.05, 0.1) is 22.7 Å². The zero-order valence-electron chi connectivity index (χ0n) is 18.0. The van der Waals surface area contributed by atoms with Crippen LogP contribution in [0.4, 0.5) is 0 Å². The number of amides is 2. The maximum Gasteiger partial charge on any atom is 0.291 e. The van der Waals surface area contributed by atoms with Crippen molar-refractivity contribution in [3.63, 3.8) is 0 Å². The Labute approximate surface area is 191 Å². The second kappa shape index (κ2) is 9.51. The summed E-state index contributed by atoms with van der Waals surface area (Å²) in [5, 5.41) is 7.74. The van der Waals surface area contributed by atoms with Gasteiger partial charge in [0.15, 0.2) is 5.69 Å². The number of nitrogens with zero attached hydrogens (tertiary/aromatic N) is 4. The number of nitrogens with one attached hydrogen (secondary N) is 2. The van der Waals surface area contributed by atoms with Crippen LogP contribution in [0.1, 0.15) is 28.9 Å². The molecule has 3 aromatic rings. The Morgan fingerprint density at radius 1 is 1.03 bits per heavy atom. The summed E-state index contributed by atoms with van der Waals surface area (Å²) in [5.74, 6) is -1.66. The van der Waals surface area contributed by atoms with Crippen molar-refractivity contribution < 1.29 is 18.0 Å². The average molecular weight is 469 g/mol. The molecule has 2 heterocycles. The Morgan fingerprint density at radius 2 is 1.76 bits per heavy atom. The average Bonchev–Trinajstić information content (AvgIpc) is 3.34. The number of para-hydroxylation sites is 1. The number of carbonyl (C=O) groups is 2. The molecule has 0 saturated carbocycles. The summed E-state index contributed by atoms with van der Waals surface area (Å²) in [5.41, 5.74) is 6.45. The van der Waals surface area contributed by atoms with E-state index in [0.29, 0.717) is 19.4 Å². The summed E-state index contributed by atoms with van der Waals surface area (Å²) in [6.45, 7) is 2.27. The summed E-state index contributed by atoms with van der Waals surface area (Å²) >= 11 is 0. The van der Waals surface area contributed by atoms with Crippen molar-refractivity contribution in [3.8, 4) is 5.69 Å². The summed E-state index contributed by atoms with van der Waals surface area (Å²) in [4.78, 5) is 25.2. The van der Waals surface area contributed by atoms with E-state index < -0.39 is 27.8 Å². The van der Waals surface area contributed by atoms with Crippen molar-refractivity contribution in [2.45, 2.75) is 24.7 Å². The third kappa shape index (κ3) is 5.10. The molecule has 2 N–H and O–H groups in total. The summed E-state index contributed by atoms with van der Waals surface area (Å²) in [7, 11) is -3.70. The Morgan fingerprint density at radius 3 is 2.48 bits per heavy atom. The van der Waals surface area contributed by atoms with Crippen LogP contribution in [0.3, 0.4) is 0 Å². The second-order valence-electron chi connectivity index (χ2n) is 7.84. The number of aryl methyl sites for hydroxylation is 1. The molecule has 1 fully saturated rings. The Kier molecular flexibility index (Phi) is 6.52. The van der Waals surface area contributed by atoms with E-state index in [0.717, 1.165) is 11.3 Å². The number of hydrogen-bond acceptors (Lipinski definition) is 6. The van der Waals surface area contributed by atoms with Gasteiger partial charge in [-0.2, -0.15) is 4.31 Å². The van der Waals surface area contributed by atoms with E-state index in [1.807, 2.05) is 37.3 Å². The molecule has 33 heavy (non-hydrogen) atoms. The van der Waals surface area contributed by atoms with Gasteiger partial charge in [0.2, 0.25) is 15.9 Å². The zero-order valence-corrected chi connectivity index (χ0v) is 18.8. The Bertz CT molecular complexity index is 1240. The number of benzene rings is 2. The van der Waals surface area contributed by atoms with Crippen molar-refractivity contribution in [1.82, 2.24) is 30.2 Å². The highest BCUT2D eigenvalue weighted by atomic mass is 32.2. The van der Waals surface area contributed by atoms with Crippen LogP contribution in [-0.2, 0) is 14.8 Å². The van der Waals surface area contributed by atoms with E-state index in [1.165, 1.54) is 15.2 Å². The number of aromatic nitrogens is 3. The van der Waals surface area contributed by atoms with Gasteiger partial charge < -0.3 is 0 Å². The van der Waals surface area contributed by atoms with Gasteiger partial charge in [-0.3, -0.25) is 20.4 Å². The highest BCUT2D eigenvalue weighted by molar-refractivity contribution is 7.89. The molecule has 10 nitrogen and oxygen atoms in total. The number of sulfonamides is 1. The van der Waals surface area contributed by atoms with Crippen LogP contribution in [0.15, 0.2) is 65.7 Å². The molecule has 0 spiro atoms. The van der Waals surface area contributed by atoms with Crippen LogP contribution in [0.5, 0.6) is 0 Å². The van der Waals surface area contributed by atoms with E-state index in [2.05, 4.69) is 21.2 Å². The fraction of sp³-hybridized carbons (Fsp3) is 0.273. The molecule has 172 valence electrons. The SMILES string of the molecule is Cc1ccc(S(=O)(=O)N2CCCC(C(=O)NNC(=O)c3cn(-c4ccccc4)nn3)C2)cc1. The standard InChI is InChI=1S/C22H24N6O4S/c1-16-9-11-19(12-10-16)33(31,32)27-13-5-6-17(14-27)21(29)24-25-22(30)20-15-28(26-23-20)18-7-3-2-4-8-18/h2-4,7-12,15,17H,5-6,13-14H2,1H3,(H,24,29)(H,25,30). The predicted molar refractivity (Wildman–Crippen MR) is 120 cm³/mol. The maximum atomic E-state index is 12.9. The van der Waals surface area contributed by atoms with Crippen LogP contribution in [0.25, 0.3) is 5.69 Å². The largest absolute Gasteiger partial charge is 0.291 e. The monoisotopic (exact) mass is 468 g/mol. The Balaban J connectivity index is 1.35. The van der Waals surface area contributed by atoms with Crippen LogP contribution < -0.4 is 10.9 Å². The van der Waals surface area contributed by atoms with E-state index in [9.17, 15) is 18.0 Å². The number of hydrazine groups is 1. The third-order valence-electron chi connectivity index (χ3n) is 5.46. The first-order chi connectivity index (χ1) is 15.8. The van der Waals surface area contributed by atoms with Crippen molar-refractivity contribution in [1.29, 1.82) is 0 Å². The number of hydrogen-bond donors (Lipinski definition) is 2. The summed E-state index contributed by atoms with van der Waals surface area (Å²) in [6, 6.07) is 15.8. The van der Waals surface area contributed by atoms with Gasteiger partial charge >= 0.3 is 0 Å². The summed E-state index contributed by atoms with van der Waals surface area (Å²) < 4.78 is 28.7. The lowest BCUT2D eigenvalue weighted by Gasteiger charge is -2.31. The quantitative estimate of drug-likeness (QED) is 0.546. The van der Waals surface area contributed by atoms with Crippen molar-refractivity contribution in [2.75, 3.05) is 13.1 Å². The molecule has 0 radical (unpaired) electrons. The molecule has 1 saturated heterocycles. The lowest BCUT2D eigenvalue weighted by molar-refractivity contribution is -0.126. The molecule has 11 heteroatoms. The van der Waals surface area contributed by atoms with Crippen LogP contribution in [0.2, 0.25) is 0 Å². The number of carbonyl (C=O) groups excluding carboxylic acids is 2. The van der Waals surface area contributed by atoms with Gasteiger partial charge in [0.25, 0.3) is 5.91 Å². The molecular formula is C22H24N6O4S. The highest BCUT2D eigenvalue weighted by Crippen LogP contribution is 2.24. The van der Waals surface area contributed by atoms with Gasteiger partial charge in [-0.05, 0) is 44.0 Å². The molecule has 0 aliphatic carbocycles. The zero-order chi connectivity index (χ0) is 23.4. The van der Waals surface area contributed by atoms with E-state index in [1.54, 1.807) is 24.3 Å². The van der Waals surface area contributed by atoms with E-state index in [4.69, 9.17) is 0 Å². The molecule has 1 atom stereocenters. The van der Waals surface area contributed by atoms with Gasteiger partial charge in [0, 0.05) is 13.1 Å². The lowest BCUT2D eigenvalue weighted by atomic mass is 9.99. The molecular weight excluding hydrogens is 444 g/mol. The first kappa shape index (κ1) is 22.6. The highest BCUT2D eigenvalue weighted by Gasteiger charge is 2.33. The normalized spacial score (nSPS) is 16.8. The fourth-order valence-corrected chi connectivity index (χ4v) is 5.12. The summed E-state index contributed by atoms with van der Waals surface area (Å²) in [6.07, 6.45) is 2.52. The molecule has 1 aromatic heterocycles. The van der Waals surface area contributed by atoms with Crippen molar-refractivity contribution >= 4 is 21.8 Å². The minimum absolute atomic E-state index is 0.0337. The van der Waals surface area contributed by atoms with Crippen LogP contribution in [0, 0.1) is 12.8 Å². The molecule has 0 bridgehead atoms. The molecule has 1 aliphatic heterocycles. The fourth-order valence-electron chi connectivity index (χ4n) is 3.59. The maximum absolute atomic E-state index is 12.9.